The number of aromatic nitrogens is 1. The molecule has 0 saturated heterocycles. The second kappa shape index (κ2) is 7.55. The van der Waals surface area contributed by atoms with Crippen LogP contribution in [0.2, 0.25) is 0 Å². The predicted molar refractivity (Wildman–Crippen MR) is 74.7 cm³/mol. The quantitative estimate of drug-likeness (QED) is 0.838. The highest BCUT2D eigenvalue weighted by Gasteiger charge is 2.16. The summed E-state index contributed by atoms with van der Waals surface area (Å²) < 4.78 is 0. The minimum absolute atomic E-state index is 0.0523. The van der Waals surface area contributed by atoms with Crippen LogP contribution in [0.1, 0.15) is 42.7 Å². The Morgan fingerprint density at radius 3 is 2.79 bits per heavy atom. The smallest absolute Gasteiger partial charge is 0.272 e. The van der Waals surface area contributed by atoms with Gasteiger partial charge in [-0.1, -0.05) is 18.8 Å². The van der Waals surface area contributed by atoms with Crippen LogP contribution < -0.4 is 0 Å². The number of rotatable bonds is 4. The lowest BCUT2D eigenvalue weighted by molar-refractivity contribution is 0.0734. The van der Waals surface area contributed by atoms with Crippen molar-refractivity contribution < 1.29 is 9.90 Å². The minimum Gasteiger partial charge on any atom is -0.395 e. The highest BCUT2D eigenvalue weighted by atomic mass is 16.2. The van der Waals surface area contributed by atoms with Crippen molar-refractivity contribution in [1.29, 1.82) is 0 Å². The average molecular weight is 260 g/mol. The molecule has 1 unspecified atom stereocenters. The Morgan fingerprint density at radius 1 is 1.53 bits per heavy atom. The number of aliphatic hydroxyl groups is 1. The maximum absolute atomic E-state index is 12.1. The molecule has 4 heteroatoms. The molecule has 1 atom stereocenters. The lowest BCUT2D eigenvalue weighted by atomic mass is 10.2. The Hall–Kier alpha value is -1.86. The van der Waals surface area contributed by atoms with Crippen molar-refractivity contribution in [1.82, 2.24) is 9.88 Å². The van der Waals surface area contributed by atoms with Crippen LogP contribution in [0.3, 0.4) is 0 Å². The molecule has 0 saturated carbocycles. The highest BCUT2D eigenvalue weighted by Crippen LogP contribution is 2.07. The molecule has 0 fully saturated rings. The van der Waals surface area contributed by atoms with E-state index in [1.54, 1.807) is 30.3 Å². The zero-order chi connectivity index (χ0) is 14.3. The first-order valence-electron chi connectivity index (χ1n) is 6.43. The summed E-state index contributed by atoms with van der Waals surface area (Å²) in [5.74, 6) is 5.61. The second-order valence-electron chi connectivity index (χ2n) is 4.38. The van der Waals surface area contributed by atoms with Crippen molar-refractivity contribution in [2.24, 2.45) is 0 Å². The Morgan fingerprint density at radius 2 is 2.26 bits per heavy atom. The normalized spacial score (nSPS) is 11.4. The molecule has 1 amide bonds. The van der Waals surface area contributed by atoms with Crippen molar-refractivity contribution >= 4 is 5.91 Å². The van der Waals surface area contributed by atoms with E-state index >= 15 is 0 Å². The van der Waals surface area contributed by atoms with Gasteiger partial charge < -0.3 is 10.0 Å². The van der Waals surface area contributed by atoms with Gasteiger partial charge in [-0.25, -0.2) is 4.98 Å². The average Bonchev–Trinajstić information content (AvgIpc) is 2.46. The number of amides is 1. The molecule has 19 heavy (non-hydrogen) atoms. The monoisotopic (exact) mass is 260 g/mol. The molecule has 102 valence electrons. The van der Waals surface area contributed by atoms with E-state index in [0.29, 0.717) is 12.1 Å². The Balaban J connectivity index is 2.76. The van der Waals surface area contributed by atoms with E-state index in [0.717, 1.165) is 12.0 Å². The molecule has 4 nitrogen and oxygen atoms in total. The Bertz CT molecular complexity index is 471. The first-order valence-corrected chi connectivity index (χ1v) is 6.43. The van der Waals surface area contributed by atoms with Crippen LogP contribution >= 0.6 is 0 Å². The lowest BCUT2D eigenvalue weighted by Gasteiger charge is -2.23. The van der Waals surface area contributed by atoms with E-state index in [2.05, 4.69) is 16.8 Å². The van der Waals surface area contributed by atoms with Gasteiger partial charge in [-0.05, 0) is 25.5 Å². The van der Waals surface area contributed by atoms with Crippen LogP contribution in [0.5, 0.6) is 0 Å². The summed E-state index contributed by atoms with van der Waals surface area (Å²) in [7, 11) is 1.78. The predicted octanol–water partition coefficient (Wildman–Crippen LogP) is 1.69. The van der Waals surface area contributed by atoms with Crippen molar-refractivity contribution in [3.05, 3.63) is 29.6 Å². The van der Waals surface area contributed by atoms with E-state index in [4.69, 9.17) is 5.11 Å². The number of carbonyl (C=O) groups excluding carboxylic acids is 1. The summed E-state index contributed by atoms with van der Waals surface area (Å²) in [5.41, 5.74) is 1.17. The van der Waals surface area contributed by atoms with E-state index in [1.807, 2.05) is 13.8 Å². The number of pyridine rings is 1. The molecular formula is C15H20N2O2. The highest BCUT2D eigenvalue weighted by molar-refractivity contribution is 5.92. The maximum Gasteiger partial charge on any atom is 0.272 e. The van der Waals surface area contributed by atoms with E-state index in [-0.39, 0.29) is 18.6 Å². The molecule has 0 bridgehead atoms. The van der Waals surface area contributed by atoms with Gasteiger partial charge in [0.2, 0.25) is 0 Å². The summed E-state index contributed by atoms with van der Waals surface area (Å²) in [4.78, 5) is 17.9. The van der Waals surface area contributed by atoms with Crippen LogP contribution in [-0.4, -0.2) is 40.6 Å². The van der Waals surface area contributed by atoms with Gasteiger partial charge in [-0.3, -0.25) is 4.79 Å². The number of aliphatic hydroxyl groups excluding tert-OH is 1. The third-order valence-corrected chi connectivity index (χ3v) is 3.02. The zero-order valence-electron chi connectivity index (χ0n) is 11.7. The molecule has 0 aliphatic heterocycles. The van der Waals surface area contributed by atoms with Gasteiger partial charge in [0.05, 0.1) is 6.61 Å². The molecule has 1 aromatic heterocycles. The molecule has 1 heterocycles. The van der Waals surface area contributed by atoms with Gasteiger partial charge in [-0.2, -0.15) is 0 Å². The first-order chi connectivity index (χ1) is 9.10. The molecule has 0 aliphatic rings. The molecule has 0 radical (unpaired) electrons. The van der Waals surface area contributed by atoms with Gasteiger partial charge in [0.1, 0.15) is 5.69 Å². The van der Waals surface area contributed by atoms with Gasteiger partial charge >= 0.3 is 0 Å². The van der Waals surface area contributed by atoms with E-state index < -0.39 is 0 Å². The second-order valence-corrected chi connectivity index (χ2v) is 4.38. The Labute approximate surface area is 114 Å². The summed E-state index contributed by atoms with van der Waals surface area (Å²) in [6.45, 7) is 4.10. The molecule has 0 spiro atoms. The van der Waals surface area contributed by atoms with E-state index in [9.17, 15) is 4.79 Å². The van der Waals surface area contributed by atoms with E-state index in [1.165, 1.54) is 0 Å². The third-order valence-electron chi connectivity index (χ3n) is 3.02. The molecule has 1 aromatic rings. The molecular weight excluding hydrogens is 240 g/mol. The summed E-state index contributed by atoms with van der Waals surface area (Å²) in [5, 5.41) is 8.63. The topological polar surface area (TPSA) is 53.4 Å². The molecule has 0 aliphatic carbocycles. The van der Waals surface area contributed by atoms with Crippen LogP contribution in [0, 0.1) is 11.8 Å². The van der Waals surface area contributed by atoms with Crippen molar-refractivity contribution in [3.8, 4) is 11.8 Å². The van der Waals surface area contributed by atoms with Crippen LogP contribution in [0.25, 0.3) is 0 Å². The van der Waals surface area contributed by atoms with Gasteiger partial charge in [0.15, 0.2) is 0 Å². The third kappa shape index (κ3) is 4.38. The lowest BCUT2D eigenvalue weighted by Crippen LogP contribution is -2.35. The number of nitrogens with zero attached hydrogens (tertiary/aromatic N) is 2. The number of hydrogen-bond donors (Lipinski definition) is 1. The zero-order valence-corrected chi connectivity index (χ0v) is 11.7. The fourth-order valence-electron chi connectivity index (χ4n) is 1.47. The van der Waals surface area contributed by atoms with Crippen molar-refractivity contribution in [2.45, 2.75) is 32.7 Å². The summed E-state index contributed by atoms with van der Waals surface area (Å²) in [6.07, 6.45) is 2.94. The van der Waals surface area contributed by atoms with Gasteiger partial charge in [0, 0.05) is 31.3 Å². The minimum atomic E-state index is -0.0794. The van der Waals surface area contributed by atoms with Gasteiger partial charge in [-0.15, -0.1) is 0 Å². The fourth-order valence-corrected chi connectivity index (χ4v) is 1.47. The summed E-state index contributed by atoms with van der Waals surface area (Å²) >= 11 is 0. The molecule has 1 rings (SSSR count). The fraction of sp³-hybridized carbons (Fsp3) is 0.467. The Kier molecular flexibility index (Phi) is 6.04. The van der Waals surface area contributed by atoms with Crippen LogP contribution in [0.4, 0.5) is 0 Å². The van der Waals surface area contributed by atoms with Crippen LogP contribution in [0.15, 0.2) is 18.3 Å². The standard InChI is InChI=1S/C15H20N2O2/c1-4-12(2)17(3)15(19)14-9-8-13(11-16-14)7-5-6-10-18/h8-9,11-12,18H,4,6,10H2,1-3H3. The first kappa shape index (κ1) is 15.2. The van der Waals surface area contributed by atoms with Gasteiger partial charge in [0.25, 0.3) is 5.91 Å². The maximum atomic E-state index is 12.1. The number of carbonyl (C=O) groups is 1. The van der Waals surface area contributed by atoms with Crippen molar-refractivity contribution in [3.63, 3.8) is 0 Å². The SMILES string of the molecule is CCC(C)N(C)C(=O)c1ccc(C#CCCO)cn1. The summed E-state index contributed by atoms with van der Waals surface area (Å²) in [6, 6.07) is 3.65. The molecule has 1 N–H and O–H groups in total. The van der Waals surface area contributed by atoms with Crippen LogP contribution in [-0.2, 0) is 0 Å². The molecule has 0 aromatic carbocycles. The number of hydrogen-bond acceptors (Lipinski definition) is 3. The van der Waals surface area contributed by atoms with Crippen molar-refractivity contribution in [2.75, 3.05) is 13.7 Å². The largest absolute Gasteiger partial charge is 0.395 e.